The summed E-state index contributed by atoms with van der Waals surface area (Å²) < 4.78 is 30.8. The zero-order valence-electron chi connectivity index (χ0n) is 31.1. The van der Waals surface area contributed by atoms with E-state index in [1.807, 2.05) is 0 Å². The van der Waals surface area contributed by atoms with E-state index in [2.05, 4.69) is 4.98 Å². The molecule has 0 spiro atoms. The summed E-state index contributed by atoms with van der Waals surface area (Å²) in [5.41, 5.74) is -3.15. The van der Waals surface area contributed by atoms with Crippen molar-refractivity contribution in [3.05, 3.63) is 73.6 Å². The Bertz CT molecular complexity index is 2240. The van der Waals surface area contributed by atoms with Gasteiger partial charge in [-0.1, -0.05) is 17.1 Å². The first-order valence-corrected chi connectivity index (χ1v) is 18.1. The molecule has 20 heteroatoms. The maximum absolute atomic E-state index is 14.0. The second-order valence-electron chi connectivity index (χ2n) is 14.9. The van der Waals surface area contributed by atoms with E-state index in [4.69, 9.17) is 23.7 Å². The second-order valence-corrected chi connectivity index (χ2v) is 14.9. The number of phenols is 2. The predicted molar refractivity (Wildman–Crippen MR) is 188 cm³/mol. The zero-order valence-corrected chi connectivity index (χ0v) is 31.1. The van der Waals surface area contributed by atoms with E-state index >= 15 is 0 Å². The van der Waals surface area contributed by atoms with Crippen LogP contribution in [0, 0.1) is 10.1 Å². The fraction of sp³-hybridized carbons (Fsp3) is 0.486. The number of methoxy groups -OCH3 is 1. The molecule has 8 rings (SSSR count). The molecule has 5 aliphatic rings. The highest BCUT2D eigenvalue weighted by molar-refractivity contribution is 6.31. The molecule has 3 aromatic rings. The summed E-state index contributed by atoms with van der Waals surface area (Å²) in [6, 6.07) is 3.85. The summed E-state index contributed by atoms with van der Waals surface area (Å²) in [6.45, 7) is 2.39. The van der Waals surface area contributed by atoms with Crippen molar-refractivity contribution in [2.75, 3.05) is 20.2 Å². The number of ketones is 3. The number of aromatic hydroxyl groups is 2. The number of hydrogen-bond donors (Lipinski definition) is 4. The summed E-state index contributed by atoms with van der Waals surface area (Å²) >= 11 is 0. The molecule has 2 aromatic carbocycles. The Hall–Kier alpha value is -5.51. The number of aromatic nitrogens is 2. The Morgan fingerprint density at radius 2 is 1.84 bits per heavy atom. The van der Waals surface area contributed by atoms with Crippen molar-refractivity contribution in [1.82, 2.24) is 19.4 Å². The van der Waals surface area contributed by atoms with Crippen molar-refractivity contribution in [2.24, 2.45) is 7.05 Å². The number of aliphatic hydroxyl groups is 2. The number of benzene rings is 2. The number of nitro groups is 1. The first kappa shape index (κ1) is 38.4. The first-order valence-electron chi connectivity index (χ1n) is 18.1. The molecular weight excluding hydrogens is 754 g/mol. The highest BCUT2D eigenvalue weighted by Gasteiger charge is 2.56. The summed E-state index contributed by atoms with van der Waals surface area (Å²) in [5.74, 6) is -3.88. The molecule has 302 valence electrons. The third kappa shape index (κ3) is 6.01. The minimum Gasteiger partial charge on any atom is -0.507 e. The Kier molecular flexibility index (Phi) is 9.32. The molecule has 0 bridgehead atoms. The van der Waals surface area contributed by atoms with Crippen LogP contribution in [0.25, 0.3) is 0 Å². The number of rotatable bonds is 7. The molecule has 3 aliphatic heterocycles. The van der Waals surface area contributed by atoms with E-state index in [9.17, 15) is 49.7 Å². The molecule has 4 unspecified atom stereocenters. The molecular formula is C37H39N5O15. The summed E-state index contributed by atoms with van der Waals surface area (Å²) in [7, 11) is 2.74. The number of carbonyl (C=O) groups is 4. The topological polar surface area (TPSA) is 263 Å². The molecule has 8 atom stereocenters. The van der Waals surface area contributed by atoms with Gasteiger partial charge in [0.1, 0.15) is 47.6 Å². The van der Waals surface area contributed by atoms with Crippen LogP contribution >= 0.6 is 0 Å². The van der Waals surface area contributed by atoms with E-state index < -0.39 is 118 Å². The smallest absolute Gasteiger partial charge is 0.434 e. The Labute approximate surface area is 323 Å². The third-order valence-electron chi connectivity index (χ3n) is 11.6. The molecule has 1 aromatic heterocycles. The molecule has 20 nitrogen and oxygen atoms in total. The van der Waals surface area contributed by atoms with Gasteiger partial charge in [-0.05, 0) is 24.8 Å². The van der Waals surface area contributed by atoms with Crippen LogP contribution in [0.3, 0.4) is 0 Å². The largest absolute Gasteiger partial charge is 0.507 e. The van der Waals surface area contributed by atoms with E-state index in [1.165, 1.54) is 48.0 Å². The lowest BCUT2D eigenvalue weighted by atomic mass is 9.72. The van der Waals surface area contributed by atoms with E-state index in [0.717, 1.165) is 6.92 Å². The molecule has 4 N–H and O–H groups in total. The lowest BCUT2D eigenvalue weighted by Crippen LogP contribution is -2.61. The average molecular weight is 794 g/mol. The van der Waals surface area contributed by atoms with Crippen LogP contribution in [0.5, 0.6) is 17.2 Å². The number of piperazine rings is 1. The van der Waals surface area contributed by atoms with Crippen LogP contribution in [-0.4, -0.2) is 131 Å². The predicted octanol–water partition coefficient (Wildman–Crippen LogP) is 1.35. The van der Waals surface area contributed by atoms with Crippen LogP contribution in [0.4, 0.5) is 10.7 Å². The van der Waals surface area contributed by atoms with E-state index in [0.29, 0.717) is 0 Å². The average Bonchev–Trinajstić information content (AvgIpc) is 3.74. The van der Waals surface area contributed by atoms with Gasteiger partial charge in [0.2, 0.25) is 5.78 Å². The van der Waals surface area contributed by atoms with Crippen LogP contribution in [0.2, 0.25) is 0 Å². The maximum Gasteiger partial charge on any atom is 0.434 e. The first-order chi connectivity index (χ1) is 27.0. The van der Waals surface area contributed by atoms with Crippen molar-refractivity contribution < 1.29 is 68.2 Å². The van der Waals surface area contributed by atoms with Gasteiger partial charge < -0.3 is 59.1 Å². The van der Waals surface area contributed by atoms with Crippen molar-refractivity contribution in [1.29, 1.82) is 0 Å². The Morgan fingerprint density at radius 3 is 2.53 bits per heavy atom. The fourth-order valence-electron chi connectivity index (χ4n) is 8.77. The number of hydrogen-bond acceptors (Lipinski definition) is 17. The van der Waals surface area contributed by atoms with E-state index in [1.54, 1.807) is 11.8 Å². The monoisotopic (exact) mass is 793 g/mol. The number of imidazole rings is 1. The lowest BCUT2D eigenvalue weighted by molar-refractivity contribution is -0.396. The zero-order chi connectivity index (χ0) is 40.8. The fourth-order valence-corrected chi connectivity index (χ4v) is 8.77. The van der Waals surface area contributed by atoms with Crippen molar-refractivity contribution in [3.8, 4) is 17.2 Å². The van der Waals surface area contributed by atoms with E-state index in [-0.39, 0.29) is 59.8 Å². The Balaban J connectivity index is 1.04. The minimum absolute atomic E-state index is 0.00671. The standard InChI is InChI=1S/C37H39N5O15/c1-15-34-20(41-23(44)12-40(13-24(41)57-34)36(49)54-14-17-11-38-35(39(17)3)42(51)52)8-25(55-15)56-22-10-37(50,16(2)43)9-19-27(22)33(48)29-28(31(19)46)30(45)18-6-5-7-21(53-4)26(18)32(29)47/h5-7,11,15,20,22-25,34,44,46,48,50H,8-10,12-14H2,1-4H3/t15-,20?,22-,23?,24?,25-,34?,37-/m0/s1. The molecule has 57 heavy (non-hydrogen) atoms. The van der Waals surface area contributed by atoms with Crippen molar-refractivity contribution >= 4 is 29.4 Å². The molecule has 0 radical (unpaired) electrons. The highest BCUT2D eigenvalue weighted by atomic mass is 16.7. The van der Waals surface area contributed by atoms with Crippen molar-refractivity contribution in [2.45, 2.75) is 88.4 Å². The van der Waals surface area contributed by atoms with Gasteiger partial charge in [-0.3, -0.25) is 14.4 Å². The maximum atomic E-state index is 14.0. The molecule has 2 aliphatic carbocycles. The molecule has 4 heterocycles. The van der Waals surface area contributed by atoms with Crippen molar-refractivity contribution in [3.63, 3.8) is 0 Å². The number of aliphatic hydroxyl groups excluding tert-OH is 1. The summed E-state index contributed by atoms with van der Waals surface area (Å²) in [5, 5.41) is 57.6. The number of phenolic OH excluding ortho intramolecular Hbond substituents is 2. The summed E-state index contributed by atoms with van der Waals surface area (Å²) in [4.78, 5) is 70.9. The number of ether oxygens (including phenoxy) is 5. The van der Waals surface area contributed by atoms with Gasteiger partial charge in [-0.2, -0.15) is 0 Å². The Morgan fingerprint density at radius 1 is 1.11 bits per heavy atom. The highest BCUT2D eigenvalue weighted by Crippen LogP contribution is 2.53. The summed E-state index contributed by atoms with van der Waals surface area (Å²) in [6.07, 6.45) is -6.14. The number of fused-ring (bicyclic) bond motifs is 6. The molecule has 0 saturated carbocycles. The van der Waals surface area contributed by atoms with Gasteiger partial charge in [-0.15, -0.1) is 0 Å². The quantitative estimate of drug-likeness (QED) is 0.117. The molecule has 3 saturated heterocycles. The van der Waals surface area contributed by atoms with Crippen LogP contribution in [0.1, 0.15) is 81.5 Å². The number of carbonyl (C=O) groups excluding carboxylic acids is 4. The van der Waals surface area contributed by atoms with Gasteiger partial charge in [0.15, 0.2) is 30.2 Å². The van der Waals surface area contributed by atoms with Gasteiger partial charge >= 0.3 is 12.0 Å². The lowest BCUT2D eigenvalue weighted by Gasteiger charge is -2.44. The van der Waals surface area contributed by atoms with Crippen LogP contribution in [0.15, 0.2) is 24.4 Å². The number of Topliss-reactive ketones (excluding diaryl/α,β-unsaturated/α-hetero) is 1. The second kappa shape index (κ2) is 13.9. The van der Waals surface area contributed by atoms with Gasteiger partial charge in [0.25, 0.3) is 0 Å². The number of amides is 1. The number of nitrogens with zero attached hydrogens (tertiary/aromatic N) is 5. The number of β-amino-alcohol motifs (C(OH)–C–C–N with tert-alkyl or cyclic N) is 1. The van der Waals surface area contributed by atoms with Gasteiger partial charge in [0.05, 0.1) is 56.1 Å². The SMILES string of the molecule is COc1cccc2c1C(=O)c1c(O)c3c(c(O)c1C2=O)C[C@@](O)(C(C)=O)C[C@@H]3O[C@H]1CC2C(OC3CN(C(=O)OCc4cnc([N+](=O)[O-])n4C)CC(O)N32)[C@H](C)O1. The normalized spacial score (nSPS) is 29.2. The van der Waals surface area contributed by atoms with Crippen LogP contribution in [-0.2, 0) is 43.8 Å². The minimum atomic E-state index is -2.10. The van der Waals surface area contributed by atoms with Gasteiger partial charge in [-0.25, -0.2) is 14.3 Å². The van der Waals surface area contributed by atoms with Crippen LogP contribution < -0.4 is 4.74 Å². The molecule has 1 amide bonds. The third-order valence-corrected chi connectivity index (χ3v) is 11.6. The molecule has 3 fully saturated rings. The van der Waals surface area contributed by atoms with Gasteiger partial charge in [0, 0.05) is 42.0 Å².